The van der Waals surface area contributed by atoms with Gasteiger partial charge in [-0.25, -0.2) is 4.98 Å². The first-order valence-electron chi connectivity index (χ1n) is 9.36. The predicted molar refractivity (Wildman–Crippen MR) is 120 cm³/mol. The number of furan rings is 1. The van der Waals surface area contributed by atoms with E-state index in [1.807, 2.05) is 22.9 Å². The van der Waals surface area contributed by atoms with Crippen molar-refractivity contribution in [3.8, 4) is 16.3 Å². The Morgan fingerprint density at radius 2 is 2.03 bits per heavy atom. The van der Waals surface area contributed by atoms with Crippen LogP contribution in [0.15, 0.2) is 69.3 Å². The van der Waals surface area contributed by atoms with E-state index in [9.17, 15) is 9.59 Å². The Bertz CT molecular complexity index is 1150. The summed E-state index contributed by atoms with van der Waals surface area (Å²) in [7, 11) is 1.53. The molecule has 0 aliphatic carbocycles. The van der Waals surface area contributed by atoms with Crippen LogP contribution in [0.2, 0.25) is 0 Å². The van der Waals surface area contributed by atoms with Gasteiger partial charge in [0.05, 0.1) is 25.6 Å². The van der Waals surface area contributed by atoms with Gasteiger partial charge in [-0.2, -0.15) is 11.3 Å². The summed E-state index contributed by atoms with van der Waals surface area (Å²) in [5.41, 5.74) is 1.80. The van der Waals surface area contributed by atoms with Gasteiger partial charge in [0.15, 0.2) is 0 Å². The van der Waals surface area contributed by atoms with Gasteiger partial charge in [0.25, 0.3) is 5.91 Å². The minimum atomic E-state index is -0.349. The van der Waals surface area contributed by atoms with E-state index < -0.39 is 0 Å². The molecule has 1 aromatic carbocycles. The number of anilines is 1. The monoisotopic (exact) mass is 453 g/mol. The maximum atomic E-state index is 13.2. The van der Waals surface area contributed by atoms with Crippen LogP contribution in [0, 0.1) is 0 Å². The molecule has 0 atom stereocenters. The first kappa shape index (κ1) is 20.8. The number of amides is 2. The van der Waals surface area contributed by atoms with Crippen molar-refractivity contribution < 1.29 is 18.7 Å². The summed E-state index contributed by atoms with van der Waals surface area (Å²) in [4.78, 5) is 31.8. The maximum absolute atomic E-state index is 13.2. The first-order chi connectivity index (χ1) is 15.1. The second kappa shape index (κ2) is 9.59. The summed E-state index contributed by atoms with van der Waals surface area (Å²) in [5.74, 6) is 0.424. The zero-order valence-electron chi connectivity index (χ0n) is 16.6. The van der Waals surface area contributed by atoms with E-state index >= 15 is 0 Å². The Kier molecular flexibility index (Phi) is 6.44. The average molecular weight is 454 g/mol. The Morgan fingerprint density at radius 1 is 1.16 bits per heavy atom. The van der Waals surface area contributed by atoms with Crippen molar-refractivity contribution in [1.29, 1.82) is 0 Å². The molecule has 4 aromatic rings. The van der Waals surface area contributed by atoms with E-state index in [1.165, 1.54) is 29.6 Å². The summed E-state index contributed by atoms with van der Waals surface area (Å²) in [6.45, 7) is -0.0145. The molecule has 0 fully saturated rings. The fourth-order valence-corrected chi connectivity index (χ4v) is 4.46. The van der Waals surface area contributed by atoms with Gasteiger partial charge in [-0.05, 0) is 35.7 Å². The molecule has 158 valence electrons. The Morgan fingerprint density at radius 3 is 2.77 bits per heavy atom. The highest BCUT2D eigenvalue weighted by molar-refractivity contribution is 7.14. The lowest BCUT2D eigenvalue weighted by Gasteiger charge is -2.20. The van der Waals surface area contributed by atoms with Crippen LogP contribution in [0.4, 0.5) is 5.69 Å². The van der Waals surface area contributed by atoms with Gasteiger partial charge < -0.3 is 19.4 Å². The molecule has 9 heteroatoms. The second-order valence-corrected chi connectivity index (χ2v) is 8.18. The molecule has 2 amide bonds. The van der Waals surface area contributed by atoms with Crippen molar-refractivity contribution >= 4 is 40.2 Å². The zero-order chi connectivity index (χ0) is 21.6. The fraction of sp³-hybridized carbons (Fsp3) is 0.136. The van der Waals surface area contributed by atoms with Crippen molar-refractivity contribution in [1.82, 2.24) is 9.88 Å². The standard InChI is InChI=1S/C22H19N3O4S2/c1-28-19-7-3-2-6-17(19)23-20(26)12-25(11-16-5-4-9-29-16)22(27)18-14-31-21(24-18)15-8-10-30-13-15/h2-10,13-14H,11-12H2,1H3,(H,23,26). The summed E-state index contributed by atoms with van der Waals surface area (Å²) in [6.07, 6.45) is 1.53. The summed E-state index contributed by atoms with van der Waals surface area (Å²) >= 11 is 2.96. The Hall–Kier alpha value is -3.43. The number of thiophene rings is 1. The summed E-state index contributed by atoms with van der Waals surface area (Å²) < 4.78 is 10.7. The lowest BCUT2D eigenvalue weighted by Crippen LogP contribution is -2.37. The number of hydrogen-bond acceptors (Lipinski definition) is 7. The summed E-state index contributed by atoms with van der Waals surface area (Å²) in [6, 6.07) is 12.6. The highest BCUT2D eigenvalue weighted by Crippen LogP contribution is 2.27. The largest absolute Gasteiger partial charge is 0.495 e. The van der Waals surface area contributed by atoms with Gasteiger partial charge in [0.2, 0.25) is 5.91 Å². The molecule has 4 rings (SSSR count). The average Bonchev–Trinajstić information content (AvgIpc) is 3.55. The lowest BCUT2D eigenvalue weighted by molar-refractivity contribution is -0.117. The number of carbonyl (C=O) groups is 2. The van der Waals surface area contributed by atoms with Crippen LogP contribution in [0.3, 0.4) is 0 Å². The molecule has 31 heavy (non-hydrogen) atoms. The molecular formula is C22H19N3O4S2. The van der Waals surface area contributed by atoms with Gasteiger partial charge in [-0.1, -0.05) is 12.1 Å². The molecule has 0 aliphatic heterocycles. The van der Waals surface area contributed by atoms with E-state index in [2.05, 4.69) is 10.3 Å². The number of ether oxygens (including phenoxy) is 1. The molecule has 3 aromatic heterocycles. The topological polar surface area (TPSA) is 84.7 Å². The van der Waals surface area contributed by atoms with Crippen LogP contribution in [-0.2, 0) is 11.3 Å². The number of benzene rings is 1. The molecule has 0 radical (unpaired) electrons. The maximum Gasteiger partial charge on any atom is 0.274 e. The van der Waals surface area contributed by atoms with E-state index in [1.54, 1.807) is 47.0 Å². The SMILES string of the molecule is COc1ccccc1NC(=O)CN(Cc1ccco1)C(=O)c1csc(-c2ccsc2)n1. The molecule has 1 N–H and O–H groups in total. The third-order valence-corrected chi connectivity index (χ3v) is 6.00. The van der Waals surface area contributed by atoms with E-state index in [0.717, 1.165) is 10.6 Å². The fourth-order valence-electron chi connectivity index (χ4n) is 2.95. The van der Waals surface area contributed by atoms with Crippen molar-refractivity contribution in [3.63, 3.8) is 0 Å². The number of thiazole rings is 1. The third kappa shape index (κ3) is 5.01. The van der Waals surface area contributed by atoms with Gasteiger partial charge in [-0.3, -0.25) is 9.59 Å². The van der Waals surface area contributed by atoms with Crippen molar-refractivity contribution in [3.05, 3.63) is 76.3 Å². The van der Waals surface area contributed by atoms with Crippen molar-refractivity contribution in [2.75, 3.05) is 19.0 Å². The normalized spacial score (nSPS) is 10.6. The van der Waals surface area contributed by atoms with Crippen LogP contribution >= 0.6 is 22.7 Å². The van der Waals surface area contributed by atoms with Crippen LogP contribution < -0.4 is 10.1 Å². The van der Waals surface area contributed by atoms with Gasteiger partial charge in [-0.15, -0.1) is 11.3 Å². The van der Waals surface area contributed by atoms with Crippen LogP contribution in [-0.4, -0.2) is 35.4 Å². The number of nitrogens with one attached hydrogen (secondary N) is 1. The number of methoxy groups -OCH3 is 1. The minimum Gasteiger partial charge on any atom is -0.495 e. The lowest BCUT2D eigenvalue weighted by atomic mass is 10.2. The molecule has 0 saturated carbocycles. The zero-order valence-corrected chi connectivity index (χ0v) is 18.2. The highest BCUT2D eigenvalue weighted by Gasteiger charge is 2.23. The molecule has 3 heterocycles. The number of aromatic nitrogens is 1. The van der Waals surface area contributed by atoms with Crippen LogP contribution in [0.1, 0.15) is 16.2 Å². The van der Waals surface area contributed by atoms with Gasteiger partial charge in [0, 0.05) is 16.3 Å². The molecule has 0 unspecified atom stereocenters. The van der Waals surface area contributed by atoms with E-state index in [0.29, 0.717) is 22.9 Å². The highest BCUT2D eigenvalue weighted by atomic mass is 32.1. The molecule has 0 aliphatic rings. The Labute approximate surface area is 186 Å². The van der Waals surface area contributed by atoms with Crippen molar-refractivity contribution in [2.45, 2.75) is 6.54 Å². The number of para-hydroxylation sites is 2. The first-order valence-corrected chi connectivity index (χ1v) is 11.2. The van der Waals surface area contributed by atoms with Gasteiger partial charge >= 0.3 is 0 Å². The second-order valence-electron chi connectivity index (χ2n) is 6.54. The molecule has 0 spiro atoms. The van der Waals surface area contributed by atoms with E-state index in [-0.39, 0.29) is 24.9 Å². The van der Waals surface area contributed by atoms with Crippen LogP contribution in [0.25, 0.3) is 10.6 Å². The smallest absolute Gasteiger partial charge is 0.274 e. The molecule has 7 nitrogen and oxygen atoms in total. The predicted octanol–water partition coefficient (Wildman–Crippen LogP) is 4.75. The minimum absolute atomic E-state index is 0.149. The quantitative estimate of drug-likeness (QED) is 0.416. The Balaban J connectivity index is 1.52. The number of carbonyl (C=O) groups excluding carboxylic acids is 2. The summed E-state index contributed by atoms with van der Waals surface area (Å²) in [5, 5.41) is 9.22. The number of hydrogen-bond donors (Lipinski definition) is 1. The van der Waals surface area contributed by atoms with Crippen LogP contribution in [0.5, 0.6) is 5.75 Å². The number of rotatable bonds is 8. The molecule has 0 saturated heterocycles. The van der Waals surface area contributed by atoms with Crippen molar-refractivity contribution in [2.24, 2.45) is 0 Å². The molecular weight excluding hydrogens is 434 g/mol. The molecule has 0 bridgehead atoms. The number of nitrogens with zero attached hydrogens (tertiary/aromatic N) is 2. The van der Waals surface area contributed by atoms with E-state index in [4.69, 9.17) is 9.15 Å². The third-order valence-electron chi connectivity index (χ3n) is 4.42. The van der Waals surface area contributed by atoms with Gasteiger partial charge in [0.1, 0.15) is 28.8 Å².